The number of carbonyl (C=O) groups is 1. The van der Waals surface area contributed by atoms with Gasteiger partial charge in [-0.15, -0.1) is 0 Å². The topological polar surface area (TPSA) is 118 Å². The van der Waals surface area contributed by atoms with Crippen LogP contribution in [0.15, 0.2) is 75.9 Å². The maximum Gasteiger partial charge on any atom is 0.375 e. The SMILES string of the molecule is CCOC(=O)c1oc2cc(OCc3ccc([N+](=O)[O-])cc3)ccc2c(=O)c1-c1ccccc1OC. The van der Waals surface area contributed by atoms with E-state index in [1.54, 1.807) is 55.5 Å². The van der Waals surface area contributed by atoms with Gasteiger partial charge in [0.15, 0.2) is 0 Å². The Balaban J connectivity index is 1.74. The number of benzene rings is 3. The predicted molar refractivity (Wildman–Crippen MR) is 128 cm³/mol. The van der Waals surface area contributed by atoms with E-state index in [1.165, 1.54) is 25.3 Å². The highest BCUT2D eigenvalue weighted by atomic mass is 16.6. The van der Waals surface area contributed by atoms with Crippen molar-refractivity contribution in [3.05, 3.63) is 98.4 Å². The molecule has 0 spiro atoms. The van der Waals surface area contributed by atoms with Crippen molar-refractivity contribution in [2.24, 2.45) is 0 Å². The van der Waals surface area contributed by atoms with Crippen LogP contribution >= 0.6 is 0 Å². The van der Waals surface area contributed by atoms with E-state index >= 15 is 0 Å². The molecule has 4 rings (SSSR count). The molecule has 4 aromatic rings. The smallest absolute Gasteiger partial charge is 0.375 e. The fourth-order valence-electron chi connectivity index (χ4n) is 3.58. The van der Waals surface area contributed by atoms with E-state index in [4.69, 9.17) is 18.6 Å². The van der Waals surface area contributed by atoms with Crippen molar-refractivity contribution in [2.45, 2.75) is 13.5 Å². The molecule has 0 fully saturated rings. The van der Waals surface area contributed by atoms with E-state index in [0.29, 0.717) is 17.1 Å². The van der Waals surface area contributed by atoms with Crippen LogP contribution in [0.1, 0.15) is 23.0 Å². The lowest BCUT2D eigenvalue weighted by atomic mass is 10.0. The van der Waals surface area contributed by atoms with Gasteiger partial charge < -0.3 is 18.6 Å². The molecular formula is C26H21NO8. The molecule has 0 aliphatic heterocycles. The average molecular weight is 475 g/mol. The average Bonchev–Trinajstić information content (AvgIpc) is 2.87. The van der Waals surface area contributed by atoms with Crippen LogP contribution in [0.3, 0.4) is 0 Å². The molecule has 0 N–H and O–H groups in total. The monoisotopic (exact) mass is 475 g/mol. The highest BCUT2D eigenvalue weighted by molar-refractivity contribution is 5.98. The summed E-state index contributed by atoms with van der Waals surface area (Å²) in [7, 11) is 1.47. The maximum absolute atomic E-state index is 13.5. The Bertz CT molecular complexity index is 1460. The van der Waals surface area contributed by atoms with Gasteiger partial charge in [0.1, 0.15) is 23.7 Å². The van der Waals surface area contributed by atoms with Crippen molar-refractivity contribution in [3.8, 4) is 22.6 Å². The first-order valence-electron chi connectivity index (χ1n) is 10.7. The Kier molecular flexibility index (Phi) is 6.77. The molecule has 9 heteroatoms. The van der Waals surface area contributed by atoms with Crippen LogP contribution in [0.2, 0.25) is 0 Å². The van der Waals surface area contributed by atoms with E-state index in [0.717, 1.165) is 5.56 Å². The largest absolute Gasteiger partial charge is 0.496 e. The second-order valence-electron chi connectivity index (χ2n) is 7.43. The van der Waals surface area contributed by atoms with Crippen molar-refractivity contribution in [2.75, 3.05) is 13.7 Å². The molecule has 1 aromatic heterocycles. The fourth-order valence-corrected chi connectivity index (χ4v) is 3.58. The second-order valence-corrected chi connectivity index (χ2v) is 7.43. The molecule has 0 atom stereocenters. The lowest BCUT2D eigenvalue weighted by Crippen LogP contribution is -2.15. The van der Waals surface area contributed by atoms with E-state index in [-0.39, 0.29) is 41.2 Å². The summed E-state index contributed by atoms with van der Waals surface area (Å²) in [5.74, 6) is -0.211. The molecule has 0 aliphatic rings. The second kappa shape index (κ2) is 10.1. The van der Waals surface area contributed by atoms with E-state index in [9.17, 15) is 19.7 Å². The Morgan fingerprint density at radius 2 is 1.80 bits per heavy atom. The minimum Gasteiger partial charge on any atom is -0.496 e. The van der Waals surface area contributed by atoms with Gasteiger partial charge in [-0.3, -0.25) is 14.9 Å². The van der Waals surface area contributed by atoms with Crippen LogP contribution in [-0.4, -0.2) is 24.6 Å². The molecule has 0 unspecified atom stereocenters. The fraction of sp³-hybridized carbons (Fsp3) is 0.154. The van der Waals surface area contributed by atoms with E-state index in [2.05, 4.69) is 0 Å². The zero-order valence-corrected chi connectivity index (χ0v) is 19.0. The number of nitro benzene ring substituents is 1. The summed E-state index contributed by atoms with van der Waals surface area (Å²) >= 11 is 0. The summed E-state index contributed by atoms with van der Waals surface area (Å²) in [5, 5.41) is 11.1. The normalized spacial score (nSPS) is 10.7. The highest BCUT2D eigenvalue weighted by Crippen LogP contribution is 2.33. The van der Waals surface area contributed by atoms with Crippen molar-refractivity contribution < 1.29 is 28.3 Å². The molecule has 35 heavy (non-hydrogen) atoms. The summed E-state index contributed by atoms with van der Waals surface area (Å²) in [6, 6.07) is 17.5. The predicted octanol–water partition coefficient (Wildman–Crippen LogP) is 5.13. The van der Waals surface area contributed by atoms with Gasteiger partial charge in [0.25, 0.3) is 5.69 Å². The van der Waals surface area contributed by atoms with Crippen LogP contribution < -0.4 is 14.9 Å². The van der Waals surface area contributed by atoms with Crippen LogP contribution in [0, 0.1) is 10.1 Å². The Morgan fingerprint density at radius 3 is 2.49 bits per heavy atom. The van der Waals surface area contributed by atoms with Crippen LogP contribution in [-0.2, 0) is 11.3 Å². The molecule has 1 heterocycles. The maximum atomic E-state index is 13.5. The molecule has 0 amide bonds. The van der Waals surface area contributed by atoms with Gasteiger partial charge in [-0.05, 0) is 42.8 Å². The Labute approximate surface area is 199 Å². The van der Waals surface area contributed by atoms with E-state index in [1.807, 2.05) is 0 Å². The lowest BCUT2D eigenvalue weighted by molar-refractivity contribution is -0.384. The molecule has 0 radical (unpaired) electrons. The van der Waals surface area contributed by atoms with Gasteiger partial charge >= 0.3 is 5.97 Å². The van der Waals surface area contributed by atoms with Crippen LogP contribution in [0.25, 0.3) is 22.1 Å². The standard InChI is InChI=1S/C26H21NO8/c1-3-33-26(29)25-23(19-6-4-5-7-21(19)32-2)24(28)20-13-12-18(14-22(20)35-25)34-15-16-8-10-17(11-9-16)27(30)31/h4-14H,3,15H2,1-2H3. The number of hydrogen-bond acceptors (Lipinski definition) is 8. The third-order valence-corrected chi connectivity index (χ3v) is 5.25. The minimum absolute atomic E-state index is 0.0152. The van der Waals surface area contributed by atoms with Crippen molar-refractivity contribution in [3.63, 3.8) is 0 Å². The Hall–Kier alpha value is -4.66. The summed E-state index contributed by atoms with van der Waals surface area (Å²) in [4.78, 5) is 36.5. The molecule has 3 aromatic carbocycles. The van der Waals surface area contributed by atoms with Crippen molar-refractivity contribution >= 4 is 22.6 Å². The number of methoxy groups -OCH3 is 1. The summed E-state index contributed by atoms with van der Waals surface area (Å²) < 4.78 is 22.2. The minimum atomic E-state index is -0.774. The van der Waals surface area contributed by atoms with Gasteiger partial charge in [-0.25, -0.2) is 4.79 Å². The third-order valence-electron chi connectivity index (χ3n) is 5.25. The molecule has 0 aliphatic carbocycles. The van der Waals surface area contributed by atoms with Gasteiger partial charge in [-0.1, -0.05) is 18.2 Å². The number of hydrogen-bond donors (Lipinski definition) is 0. The van der Waals surface area contributed by atoms with Gasteiger partial charge in [0, 0.05) is 23.8 Å². The number of nitrogens with zero attached hydrogens (tertiary/aromatic N) is 1. The summed E-state index contributed by atoms with van der Waals surface area (Å²) in [6.45, 7) is 1.89. The first-order chi connectivity index (χ1) is 16.9. The number of esters is 1. The quantitative estimate of drug-likeness (QED) is 0.195. The molecule has 0 bridgehead atoms. The number of fused-ring (bicyclic) bond motifs is 1. The summed E-state index contributed by atoms with van der Waals surface area (Å²) in [6.07, 6.45) is 0. The first kappa shape index (κ1) is 23.5. The van der Waals surface area contributed by atoms with Crippen LogP contribution in [0.4, 0.5) is 5.69 Å². The van der Waals surface area contributed by atoms with Crippen molar-refractivity contribution in [1.29, 1.82) is 0 Å². The van der Waals surface area contributed by atoms with E-state index < -0.39 is 16.3 Å². The van der Waals surface area contributed by atoms with Crippen molar-refractivity contribution in [1.82, 2.24) is 0 Å². The van der Waals surface area contributed by atoms with Crippen LogP contribution in [0.5, 0.6) is 11.5 Å². The number of ether oxygens (including phenoxy) is 3. The molecule has 0 saturated heterocycles. The number of rotatable bonds is 8. The highest BCUT2D eigenvalue weighted by Gasteiger charge is 2.25. The van der Waals surface area contributed by atoms with Gasteiger partial charge in [0.2, 0.25) is 11.2 Å². The number of non-ortho nitro benzene ring substituents is 1. The zero-order chi connectivity index (χ0) is 24.9. The van der Waals surface area contributed by atoms with Gasteiger partial charge in [-0.2, -0.15) is 0 Å². The third kappa shape index (κ3) is 4.84. The number of carbonyl (C=O) groups excluding carboxylic acids is 1. The molecular weight excluding hydrogens is 454 g/mol. The van der Waals surface area contributed by atoms with Gasteiger partial charge in [0.05, 0.1) is 29.6 Å². The Morgan fingerprint density at radius 1 is 1.06 bits per heavy atom. The number of nitro groups is 1. The molecule has 0 saturated carbocycles. The summed E-state index contributed by atoms with van der Waals surface area (Å²) in [5.41, 5.74) is 0.897. The number of para-hydroxylation sites is 1. The molecule has 9 nitrogen and oxygen atoms in total. The first-order valence-corrected chi connectivity index (χ1v) is 10.7. The molecule has 178 valence electrons. The zero-order valence-electron chi connectivity index (χ0n) is 19.0. The lowest BCUT2D eigenvalue weighted by Gasteiger charge is -2.13.